The first kappa shape index (κ1) is 11.5. The predicted molar refractivity (Wildman–Crippen MR) is 45.8 cm³/mol. The normalized spacial score (nSPS) is 13.5. The number of carbonyl (C=O) groups is 2. The van der Waals surface area contributed by atoms with Crippen molar-refractivity contribution < 1.29 is 19.4 Å². The summed E-state index contributed by atoms with van der Waals surface area (Å²) in [5.41, 5.74) is 4.41. The van der Waals surface area contributed by atoms with Gasteiger partial charge in [-0.1, -0.05) is 6.92 Å². The minimum Gasteiger partial charge on any atom is -0.477 e. The summed E-state index contributed by atoms with van der Waals surface area (Å²) in [6, 6.07) is 0. The molecule has 0 aliphatic heterocycles. The highest BCUT2D eigenvalue weighted by molar-refractivity contribution is 6.13. The van der Waals surface area contributed by atoms with Crippen LogP contribution in [0.5, 0.6) is 0 Å². The van der Waals surface area contributed by atoms with Crippen LogP contribution < -0.4 is 5.73 Å². The number of carbonyl (C=O) groups excluding carboxylic acids is 1. The lowest BCUT2D eigenvalue weighted by atomic mass is 10.3. The Kier molecular flexibility index (Phi) is 4.58. The number of carboxylic acids is 1. The quantitative estimate of drug-likeness (QED) is 0.285. The van der Waals surface area contributed by atoms with Gasteiger partial charge in [-0.25, -0.2) is 9.59 Å². The Labute approximate surface area is 76.2 Å². The van der Waals surface area contributed by atoms with Gasteiger partial charge in [-0.2, -0.15) is 0 Å². The maximum absolute atomic E-state index is 11.0. The Morgan fingerprint density at radius 1 is 1.62 bits per heavy atom. The highest BCUT2D eigenvalue weighted by atomic mass is 16.5. The zero-order chi connectivity index (χ0) is 10.4. The molecule has 1 atom stereocenters. The van der Waals surface area contributed by atoms with Gasteiger partial charge >= 0.3 is 11.9 Å². The Morgan fingerprint density at radius 3 is 2.46 bits per heavy atom. The number of ether oxygens (including phenoxy) is 1. The average Bonchev–Trinajstić information content (AvgIpc) is 2.04. The van der Waals surface area contributed by atoms with Crippen LogP contribution >= 0.6 is 0 Å². The molecule has 0 bridgehead atoms. The number of esters is 1. The predicted octanol–water partition coefficient (Wildman–Crippen LogP) is 0.255. The molecule has 0 saturated carbocycles. The molecule has 0 heterocycles. The molecule has 1 unspecified atom stereocenters. The SMILES string of the molecule is CCC(C)OC(=O)C(=CN)C(=O)O. The first-order valence-electron chi connectivity index (χ1n) is 3.89. The van der Waals surface area contributed by atoms with E-state index in [1.54, 1.807) is 6.92 Å². The van der Waals surface area contributed by atoms with E-state index in [4.69, 9.17) is 15.6 Å². The zero-order valence-corrected chi connectivity index (χ0v) is 7.61. The third-order valence-corrected chi connectivity index (χ3v) is 1.50. The minimum absolute atomic E-state index is 0.304. The van der Waals surface area contributed by atoms with Crippen molar-refractivity contribution >= 4 is 11.9 Å². The van der Waals surface area contributed by atoms with Crippen molar-refractivity contribution in [3.8, 4) is 0 Å². The largest absolute Gasteiger partial charge is 0.477 e. The fraction of sp³-hybridized carbons (Fsp3) is 0.500. The third-order valence-electron chi connectivity index (χ3n) is 1.50. The van der Waals surface area contributed by atoms with Crippen LogP contribution in [0.15, 0.2) is 11.8 Å². The average molecular weight is 187 g/mol. The zero-order valence-electron chi connectivity index (χ0n) is 7.61. The molecule has 74 valence electrons. The van der Waals surface area contributed by atoms with Crippen LogP contribution in [0.25, 0.3) is 0 Å². The number of hydrogen-bond acceptors (Lipinski definition) is 4. The fourth-order valence-electron chi connectivity index (χ4n) is 0.556. The van der Waals surface area contributed by atoms with Crippen molar-refractivity contribution in [1.29, 1.82) is 0 Å². The summed E-state index contributed by atoms with van der Waals surface area (Å²) < 4.78 is 4.75. The molecule has 5 heteroatoms. The molecule has 0 aliphatic rings. The highest BCUT2D eigenvalue weighted by Gasteiger charge is 2.19. The lowest BCUT2D eigenvalue weighted by Gasteiger charge is -2.10. The van der Waals surface area contributed by atoms with E-state index < -0.39 is 17.5 Å². The monoisotopic (exact) mass is 187 g/mol. The molecule has 0 aromatic heterocycles. The first-order chi connectivity index (χ1) is 6.02. The first-order valence-corrected chi connectivity index (χ1v) is 3.89. The molecule has 13 heavy (non-hydrogen) atoms. The molecule has 0 radical (unpaired) electrons. The second-order valence-electron chi connectivity index (χ2n) is 2.51. The number of rotatable bonds is 4. The van der Waals surface area contributed by atoms with Crippen molar-refractivity contribution in [2.24, 2.45) is 5.73 Å². The standard InChI is InChI=1S/C8H13NO4/c1-3-5(2)13-8(12)6(4-9)7(10)11/h4-5H,3,9H2,1-2H3,(H,10,11). The van der Waals surface area contributed by atoms with Crippen LogP contribution in [0.4, 0.5) is 0 Å². The van der Waals surface area contributed by atoms with Gasteiger partial charge in [0.05, 0.1) is 6.10 Å². The highest BCUT2D eigenvalue weighted by Crippen LogP contribution is 2.02. The van der Waals surface area contributed by atoms with Crippen LogP contribution in [-0.2, 0) is 14.3 Å². The molecule has 0 aromatic rings. The molecule has 0 aliphatic carbocycles. The summed E-state index contributed by atoms with van der Waals surface area (Å²) in [5.74, 6) is -2.28. The molecule has 0 rings (SSSR count). The molecule has 3 N–H and O–H groups in total. The Morgan fingerprint density at radius 2 is 2.15 bits per heavy atom. The van der Waals surface area contributed by atoms with Crippen LogP contribution in [0, 0.1) is 0 Å². The third kappa shape index (κ3) is 3.59. The van der Waals surface area contributed by atoms with Crippen LogP contribution in [-0.4, -0.2) is 23.1 Å². The molecule has 0 amide bonds. The summed E-state index contributed by atoms with van der Waals surface area (Å²) in [4.78, 5) is 21.4. The van der Waals surface area contributed by atoms with Crippen LogP contribution in [0.3, 0.4) is 0 Å². The van der Waals surface area contributed by atoms with Crippen molar-refractivity contribution in [2.45, 2.75) is 26.4 Å². The molecular formula is C8H13NO4. The summed E-state index contributed by atoms with van der Waals surface area (Å²) in [5, 5.41) is 8.48. The van der Waals surface area contributed by atoms with Gasteiger partial charge in [-0.3, -0.25) is 0 Å². The van der Waals surface area contributed by atoms with Crippen molar-refractivity contribution in [3.63, 3.8) is 0 Å². The van der Waals surface area contributed by atoms with Gasteiger partial charge in [0, 0.05) is 6.20 Å². The number of nitrogens with two attached hydrogens (primary N) is 1. The van der Waals surface area contributed by atoms with Gasteiger partial charge in [0.15, 0.2) is 5.57 Å². The summed E-state index contributed by atoms with van der Waals surface area (Å²) in [7, 11) is 0. The molecule has 0 spiro atoms. The van der Waals surface area contributed by atoms with Gasteiger partial charge in [0.1, 0.15) is 0 Å². The van der Waals surface area contributed by atoms with Gasteiger partial charge in [0.25, 0.3) is 0 Å². The molecule has 0 saturated heterocycles. The van der Waals surface area contributed by atoms with Gasteiger partial charge in [0.2, 0.25) is 0 Å². The molecule has 0 fully saturated rings. The van der Waals surface area contributed by atoms with Gasteiger partial charge in [-0.05, 0) is 13.3 Å². The van der Waals surface area contributed by atoms with Crippen LogP contribution in [0.1, 0.15) is 20.3 Å². The lowest BCUT2D eigenvalue weighted by molar-refractivity contribution is -0.147. The maximum atomic E-state index is 11.0. The van der Waals surface area contributed by atoms with E-state index >= 15 is 0 Å². The number of aliphatic carboxylic acids is 1. The topological polar surface area (TPSA) is 89.6 Å². The van der Waals surface area contributed by atoms with Gasteiger partial charge in [-0.15, -0.1) is 0 Å². The van der Waals surface area contributed by atoms with Crippen molar-refractivity contribution in [3.05, 3.63) is 11.8 Å². The molecule has 5 nitrogen and oxygen atoms in total. The second-order valence-corrected chi connectivity index (χ2v) is 2.51. The Hall–Kier alpha value is -1.52. The Balaban J connectivity index is 4.33. The smallest absolute Gasteiger partial charge is 0.347 e. The van der Waals surface area contributed by atoms with E-state index in [1.165, 1.54) is 0 Å². The van der Waals surface area contributed by atoms with Crippen molar-refractivity contribution in [2.75, 3.05) is 0 Å². The van der Waals surface area contributed by atoms with Crippen LogP contribution in [0.2, 0.25) is 0 Å². The molecular weight excluding hydrogens is 174 g/mol. The maximum Gasteiger partial charge on any atom is 0.347 e. The summed E-state index contributed by atoms with van der Waals surface area (Å²) in [6.45, 7) is 3.50. The van der Waals surface area contributed by atoms with Crippen molar-refractivity contribution in [1.82, 2.24) is 0 Å². The van der Waals surface area contributed by atoms with E-state index in [1.807, 2.05) is 6.92 Å². The summed E-state index contributed by atoms with van der Waals surface area (Å²) in [6.07, 6.45) is 1.05. The van der Waals surface area contributed by atoms with E-state index in [0.717, 1.165) is 6.20 Å². The fourth-order valence-corrected chi connectivity index (χ4v) is 0.556. The van der Waals surface area contributed by atoms with E-state index in [-0.39, 0.29) is 6.10 Å². The minimum atomic E-state index is -1.38. The van der Waals surface area contributed by atoms with E-state index in [2.05, 4.69) is 0 Å². The number of carboxylic acid groups (broad SMARTS) is 1. The summed E-state index contributed by atoms with van der Waals surface area (Å²) >= 11 is 0. The van der Waals surface area contributed by atoms with E-state index in [0.29, 0.717) is 6.42 Å². The Bertz CT molecular complexity index is 234. The number of hydrogen-bond donors (Lipinski definition) is 2. The lowest BCUT2D eigenvalue weighted by Crippen LogP contribution is -2.21. The van der Waals surface area contributed by atoms with Gasteiger partial charge < -0.3 is 15.6 Å². The second kappa shape index (κ2) is 5.18. The molecule has 0 aromatic carbocycles. The van der Waals surface area contributed by atoms with E-state index in [9.17, 15) is 9.59 Å².